The van der Waals surface area contributed by atoms with Gasteiger partial charge in [0, 0.05) is 11.9 Å². The number of aliphatic hydroxyl groups excluding tert-OH is 1. The normalized spacial score (nSPS) is 12.2. The number of aryl methyl sites for hydroxylation is 3. The van der Waals surface area contributed by atoms with Crippen molar-refractivity contribution in [1.82, 2.24) is 4.98 Å². The number of aromatic nitrogens is 1. The van der Waals surface area contributed by atoms with Crippen LogP contribution in [0.25, 0.3) is 0 Å². The van der Waals surface area contributed by atoms with Crippen molar-refractivity contribution in [3.8, 4) is 5.75 Å². The maximum absolute atomic E-state index is 10.0. The largest absolute Gasteiger partial charge is 0.490 e. The maximum atomic E-state index is 10.0. The number of hydrogen-bond acceptors (Lipinski definition) is 4. The molecule has 1 aromatic carbocycles. The third-order valence-electron chi connectivity index (χ3n) is 3.09. The molecule has 0 aliphatic heterocycles. The lowest BCUT2D eigenvalue weighted by Gasteiger charge is -2.16. The maximum Gasteiger partial charge on any atom is 0.125 e. The quantitative estimate of drug-likeness (QED) is 0.829. The van der Waals surface area contributed by atoms with Crippen molar-refractivity contribution in [2.24, 2.45) is 0 Å². The highest BCUT2D eigenvalue weighted by molar-refractivity contribution is 7.99. The number of nitrogens with zero attached hydrogens (tertiary/aromatic N) is 1. The first-order valence-electron chi connectivity index (χ1n) is 6.99. The molecule has 0 fully saturated rings. The summed E-state index contributed by atoms with van der Waals surface area (Å²) in [7, 11) is 0. The van der Waals surface area contributed by atoms with Crippen LogP contribution < -0.4 is 4.74 Å². The van der Waals surface area contributed by atoms with E-state index in [1.165, 1.54) is 17.3 Å². The van der Waals surface area contributed by atoms with E-state index in [1.807, 2.05) is 32.0 Å². The Labute approximate surface area is 130 Å². The molecule has 0 aliphatic carbocycles. The molecule has 0 bridgehead atoms. The number of pyridine rings is 1. The van der Waals surface area contributed by atoms with Crippen LogP contribution in [-0.2, 0) is 0 Å². The van der Waals surface area contributed by atoms with Crippen LogP contribution in [0.15, 0.2) is 41.6 Å². The van der Waals surface area contributed by atoms with E-state index in [1.54, 1.807) is 6.20 Å². The smallest absolute Gasteiger partial charge is 0.125 e. The van der Waals surface area contributed by atoms with E-state index >= 15 is 0 Å². The van der Waals surface area contributed by atoms with Crippen LogP contribution in [-0.4, -0.2) is 28.6 Å². The minimum absolute atomic E-state index is 0.296. The molecule has 21 heavy (non-hydrogen) atoms. The molecule has 4 heteroatoms. The molecule has 0 aliphatic rings. The first-order chi connectivity index (χ1) is 10.1. The molecule has 1 heterocycles. The van der Waals surface area contributed by atoms with Gasteiger partial charge >= 0.3 is 0 Å². The summed E-state index contributed by atoms with van der Waals surface area (Å²) >= 11 is 1.53. The summed E-state index contributed by atoms with van der Waals surface area (Å²) in [6, 6.07) is 9.95. The fraction of sp³-hybridized carbons (Fsp3) is 0.353. The predicted octanol–water partition coefficient (Wildman–Crippen LogP) is 3.54. The molecule has 0 saturated heterocycles. The van der Waals surface area contributed by atoms with Gasteiger partial charge in [0.2, 0.25) is 0 Å². The first-order valence-corrected chi connectivity index (χ1v) is 7.97. The molecule has 2 rings (SSSR count). The first kappa shape index (κ1) is 15.9. The van der Waals surface area contributed by atoms with Gasteiger partial charge in [-0.2, -0.15) is 0 Å². The highest BCUT2D eigenvalue weighted by atomic mass is 32.2. The predicted molar refractivity (Wildman–Crippen MR) is 87.1 cm³/mol. The van der Waals surface area contributed by atoms with E-state index in [0.29, 0.717) is 12.4 Å². The van der Waals surface area contributed by atoms with Crippen LogP contribution in [0.2, 0.25) is 0 Å². The summed E-state index contributed by atoms with van der Waals surface area (Å²) in [5, 5.41) is 11.0. The van der Waals surface area contributed by atoms with Crippen molar-refractivity contribution < 1.29 is 9.84 Å². The molecule has 3 nitrogen and oxygen atoms in total. The zero-order valence-electron chi connectivity index (χ0n) is 12.7. The average molecular weight is 303 g/mol. The number of aliphatic hydroxyl groups is 1. The van der Waals surface area contributed by atoms with E-state index in [2.05, 4.69) is 24.0 Å². The van der Waals surface area contributed by atoms with E-state index < -0.39 is 6.10 Å². The number of ether oxygens (including phenoxy) is 1. The van der Waals surface area contributed by atoms with Crippen LogP contribution in [0.1, 0.15) is 16.7 Å². The average Bonchev–Trinajstić information content (AvgIpc) is 2.45. The van der Waals surface area contributed by atoms with Crippen LogP contribution >= 0.6 is 11.8 Å². The fourth-order valence-electron chi connectivity index (χ4n) is 2.24. The standard InChI is InChI=1S/C17H21NO2S/c1-12-8-13(2)17(14(3)9-12)20-10-15(19)11-21-16-6-4-5-7-18-16/h4-9,15,19H,10-11H2,1-3H3. The van der Waals surface area contributed by atoms with Crippen LogP contribution in [0.5, 0.6) is 5.75 Å². The Morgan fingerprint density at radius 1 is 1.19 bits per heavy atom. The summed E-state index contributed by atoms with van der Waals surface area (Å²) in [6.45, 7) is 6.43. The molecule has 1 aromatic heterocycles. The highest BCUT2D eigenvalue weighted by Gasteiger charge is 2.10. The SMILES string of the molecule is Cc1cc(C)c(OCC(O)CSc2ccccn2)c(C)c1. The van der Waals surface area contributed by atoms with Gasteiger partial charge in [0.05, 0.1) is 11.1 Å². The number of benzene rings is 1. The van der Waals surface area contributed by atoms with Crippen LogP contribution in [0, 0.1) is 20.8 Å². The molecular weight excluding hydrogens is 282 g/mol. The summed E-state index contributed by atoms with van der Waals surface area (Å²) < 4.78 is 5.79. The zero-order chi connectivity index (χ0) is 15.2. The van der Waals surface area contributed by atoms with Crippen molar-refractivity contribution in [1.29, 1.82) is 0 Å². The molecule has 0 amide bonds. The van der Waals surface area contributed by atoms with E-state index in [0.717, 1.165) is 21.9 Å². The summed E-state index contributed by atoms with van der Waals surface area (Å²) in [4.78, 5) is 4.22. The van der Waals surface area contributed by atoms with Crippen molar-refractivity contribution in [3.63, 3.8) is 0 Å². The minimum atomic E-state index is -0.517. The molecule has 0 radical (unpaired) electrons. The Hall–Kier alpha value is -1.52. The third-order valence-corrected chi connectivity index (χ3v) is 4.17. The topological polar surface area (TPSA) is 42.4 Å². The van der Waals surface area contributed by atoms with Gasteiger partial charge < -0.3 is 9.84 Å². The fourth-order valence-corrected chi connectivity index (χ4v) is 3.01. The summed E-state index contributed by atoms with van der Waals surface area (Å²) in [6.07, 6.45) is 1.24. The lowest BCUT2D eigenvalue weighted by molar-refractivity contribution is 0.125. The second-order valence-electron chi connectivity index (χ2n) is 5.17. The molecule has 0 saturated carbocycles. The molecule has 112 valence electrons. The monoisotopic (exact) mass is 303 g/mol. The van der Waals surface area contributed by atoms with E-state index in [4.69, 9.17) is 4.74 Å². The molecule has 2 aromatic rings. The van der Waals surface area contributed by atoms with Gasteiger partial charge in [-0.1, -0.05) is 23.8 Å². The van der Waals surface area contributed by atoms with Crippen molar-refractivity contribution in [2.45, 2.75) is 31.9 Å². The van der Waals surface area contributed by atoms with E-state index in [9.17, 15) is 5.11 Å². The van der Waals surface area contributed by atoms with Crippen molar-refractivity contribution in [3.05, 3.63) is 53.2 Å². The van der Waals surface area contributed by atoms with Gasteiger partial charge in [-0.3, -0.25) is 0 Å². The van der Waals surface area contributed by atoms with Crippen LogP contribution in [0.3, 0.4) is 0 Å². The molecule has 1 N–H and O–H groups in total. The molecule has 0 spiro atoms. The lowest BCUT2D eigenvalue weighted by Crippen LogP contribution is -2.20. The Kier molecular flexibility index (Phi) is 5.65. The number of hydrogen-bond donors (Lipinski definition) is 1. The summed E-state index contributed by atoms with van der Waals surface area (Å²) in [5.41, 5.74) is 3.44. The van der Waals surface area contributed by atoms with Crippen molar-refractivity contribution in [2.75, 3.05) is 12.4 Å². The van der Waals surface area contributed by atoms with Gasteiger partial charge in [0.1, 0.15) is 12.4 Å². The van der Waals surface area contributed by atoms with Gasteiger partial charge in [-0.05, 0) is 44.0 Å². The minimum Gasteiger partial charge on any atom is -0.490 e. The molecular formula is C17H21NO2S. The third kappa shape index (κ3) is 4.76. The highest BCUT2D eigenvalue weighted by Crippen LogP contribution is 2.25. The van der Waals surface area contributed by atoms with E-state index in [-0.39, 0.29) is 0 Å². The van der Waals surface area contributed by atoms with Gasteiger partial charge in [0.25, 0.3) is 0 Å². The second kappa shape index (κ2) is 7.48. The Bertz CT molecular complexity index is 564. The van der Waals surface area contributed by atoms with Gasteiger partial charge in [-0.15, -0.1) is 11.8 Å². The number of rotatable bonds is 6. The van der Waals surface area contributed by atoms with Gasteiger partial charge in [0.15, 0.2) is 0 Å². The Morgan fingerprint density at radius 2 is 1.90 bits per heavy atom. The van der Waals surface area contributed by atoms with Crippen molar-refractivity contribution >= 4 is 11.8 Å². The lowest BCUT2D eigenvalue weighted by atomic mass is 10.1. The summed E-state index contributed by atoms with van der Waals surface area (Å²) in [5.74, 6) is 1.45. The molecule has 1 atom stereocenters. The Morgan fingerprint density at radius 3 is 2.52 bits per heavy atom. The zero-order valence-corrected chi connectivity index (χ0v) is 13.5. The number of thioether (sulfide) groups is 1. The van der Waals surface area contributed by atoms with Crippen LogP contribution in [0.4, 0.5) is 0 Å². The second-order valence-corrected chi connectivity index (χ2v) is 6.21. The van der Waals surface area contributed by atoms with Gasteiger partial charge in [-0.25, -0.2) is 4.98 Å². The Balaban J connectivity index is 1.85. The molecule has 1 unspecified atom stereocenters.